The number of rotatable bonds is 2. The van der Waals surface area contributed by atoms with Gasteiger partial charge in [-0.15, -0.1) is 0 Å². The lowest BCUT2D eigenvalue weighted by Crippen LogP contribution is -2.60. The lowest BCUT2D eigenvalue weighted by atomic mass is 9.87. The third-order valence-electron chi connectivity index (χ3n) is 4.05. The molecule has 2 rings (SSSR count). The van der Waals surface area contributed by atoms with Crippen LogP contribution in [0.2, 0.25) is 0 Å². The number of carbonyl (C=O) groups is 1. The van der Waals surface area contributed by atoms with Crippen LogP contribution < -0.4 is 5.32 Å². The molecule has 92 valence electrons. The molecule has 0 atom stereocenters. The molecule has 0 amide bonds. The number of nitrogens with zero attached hydrogens (tertiary/aromatic N) is 1. The van der Waals surface area contributed by atoms with Gasteiger partial charge in [-0.3, -0.25) is 9.69 Å². The first kappa shape index (κ1) is 11.9. The van der Waals surface area contributed by atoms with Crippen molar-refractivity contribution in [2.45, 2.75) is 44.1 Å². The standard InChI is InChI=1S/C12H22N2O2/c15-11(16)12(5-3-1-2-4-6-12)14-9-7-13-8-10-14/h13H,1-10H2,(H,15,16). The summed E-state index contributed by atoms with van der Waals surface area (Å²) in [7, 11) is 0. The quantitative estimate of drug-likeness (QED) is 0.692. The van der Waals surface area contributed by atoms with Gasteiger partial charge in [-0.2, -0.15) is 0 Å². The Labute approximate surface area is 97.0 Å². The smallest absolute Gasteiger partial charge is 0.324 e. The monoisotopic (exact) mass is 226 g/mol. The van der Waals surface area contributed by atoms with Gasteiger partial charge in [-0.25, -0.2) is 0 Å². The summed E-state index contributed by atoms with van der Waals surface area (Å²) < 4.78 is 0. The van der Waals surface area contributed by atoms with E-state index in [4.69, 9.17) is 0 Å². The van der Waals surface area contributed by atoms with E-state index in [2.05, 4.69) is 10.2 Å². The number of hydrogen-bond acceptors (Lipinski definition) is 3. The van der Waals surface area contributed by atoms with E-state index < -0.39 is 11.5 Å². The summed E-state index contributed by atoms with van der Waals surface area (Å²) in [4.78, 5) is 13.9. The predicted molar refractivity (Wildman–Crippen MR) is 62.5 cm³/mol. The van der Waals surface area contributed by atoms with Gasteiger partial charge in [-0.1, -0.05) is 25.7 Å². The van der Waals surface area contributed by atoms with Crippen LogP contribution >= 0.6 is 0 Å². The van der Waals surface area contributed by atoms with Crippen molar-refractivity contribution in [2.24, 2.45) is 0 Å². The predicted octanol–water partition coefficient (Wildman–Crippen LogP) is 1.07. The maximum absolute atomic E-state index is 11.7. The van der Waals surface area contributed by atoms with Crippen LogP contribution in [0.4, 0.5) is 0 Å². The molecule has 4 nitrogen and oxygen atoms in total. The topological polar surface area (TPSA) is 52.6 Å². The average Bonchev–Trinajstić information content (AvgIpc) is 2.56. The zero-order valence-electron chi connectivity index (χ0n) is 9.87. The van der Waals surface area contributed by atoms with E-state index in [9.17, 15) is 9.90 Å². The maximum Gasteiger partial charge on any atom is 0.324 e. The largest absolute Gasteiger partial charge is 0.480 e. The van der Waals surface area contributed by atoms with Crippen molar-refractivity contribution in [2.75, 3.05) is 26.2 Å². The minimum Gasteiger partial charge on any atom is -0.480 e. The van der Waals surface area contributed by atoms with Gasteiger partial charge in [0.15, 0.2) is 0 Å². The molecule has 1 saturated heterocycles. The number of carboxylic acids is 1. The normalized spacial score (nSPS) is 27.2. The fourth-order valence-corrected chi connectivity index (χ4v) is 3.07. The second-order valence-corrected chi connectivity index (χ2v) is 4.99. The molecule has 0 bridgehead atoms. The Balaban J connectivity index is 2.14. The highest BCUT2D eigenvalue weighted by Gasteiger charge is 2.44. The Hall–Kier alpha value is -0.610. The summed E-state index contributed by atoms with van der Waals surface area (Å²) in [6.45, 7) is 3.61. The summed E-state index contributed by atoms with van der Waals surface area (Å²) >= 11 is 0. The Kier molecular flexibility index (Phi) is 3.82. The minimum atomic E-state index is -0.601. The van der Waals surface area contributed by atoms with E-state index in [0.29, 0.717) is 0 Å². The van der Waals surface area contributed by atoms with Gasteiger partial charge in [-0.05, 0) is 12.8 Å². The number of hydrogen-bond donors (Lipinski definition) is 2. The maximum atomic E-state index is 11.7. The zero-order valence-corrected chi connectivity index (χ0v) is 9.87. The van der Waals surface area contributed by atoms with Gasteiger partial charge in [0, 0.05) is 26.2 Å². The van der Waals surface area contributed by atoms with E-state index in [1.807, 2.05) is 0 Å². The zero-order chi connectivity index (χ0) is 11.4. The second-order valence-electron chi connectivity index (χ2n) is 4.99. The molecule has 0 unspecified atom stereocenters. The summed E-state index contributed by atoms with van der Waals surface area (Å²) in [5.41, 5.74) is -0.557. The van der Waals surface area contributed by atoms with Gasteiger partial charge < -0.3 is 10.4 Å². The molecular weight excluding hydrogens is 204 g/mol. The molecule has 2 fully saturated rings. The minimum absolute atomic E-state index is 0.557. The van der Waals surface area contributed by atoms with Crippen molar-refractivity contribution in [3.05, 3.63) is 0 Å². The summed E-state index contributed by atoms with van der Waals surface area (Å²) in [5.74, 6) is -0.601. The summed E-state index contributed by atoms with van der Waals surface area (Å²) in [6, 6.07) is 0. The van der Waals surface area contributed by atoms with Crippen LogP contribution in [0.5, 0.6) is 0 Å². The van der Waals surface area contributed by atoms with E-state index in [1.165, 1.54) is 12.8 Å². The molecule has 0 radical (unpaired) electrons. The molecule has 0 aromatic carbocycles. The lowest BCUT2D eigenvalue weighted by molar-refractivity contribution is -0.153. The molecule has 0 spiro atoms. The molecular formula is C12H22N2O2. The fourth-order valence-electron chi connectivity index (χ4n) is 3.07. The van der Waals surface area contributed by atoms with Gasteiger partial charge >= 0.3 is 5.97 Å². The van der Waals surface area contributed by atoms with Crippen LogP contribution in [0.15, 0.2) is 0 Å². The lowest BCUT2D eigenvalue weighted by Gasteiger charge is -2.42. The van der Waals surface area contributed by atoms with Gasteiger partial charge in [0.1, 0.15) is 5.54 Å². The van der Waals surface area contributed by atoms with Crippen LogP contribution in [0, 0.1) is 0 Å². The number of nitrogens with one attached hydrogen (secondary N) is 1. The van der Waals surface area contributed by atoms with Gasteiger partial charge in [0.2, 0.25) is 0 Å². The van der Waals surface area contributed by atoms with Crippen molar-refractivity contribution < 1.29 is 9.90 Å². The number of carboxylic acid groups (broad SMARTS) is 1. The van der Waals surface area contributed by atoms with Crippen molar-refractivity contribution >= 4 is 5.97 Å². The Morgan fingerprint density at radius 2 is 1.62 bits per heavy atom. The third kappa shape index (κ3) is 2.23. The van der Waals surface area contributed by atoms with Crippen molar-refractivity contribution in [1.29, 1.82) is 0 Å². The van der Waals surface area contributed by atoms with Crippen LogP contribution in [0.3, 0.4) is 0 Å². The number of aliphatic carboxylic acids is 1. The molecule has 1 saturated carbocycles. The molecule has 1 heterocycles. The second kappa shape index (κ2) is 5.15. The Bertz CT molecular complexity index is 241. The first-order chi connectivity index (χ1) is 7.76. The van der Waals surface area contributed by atoms with E-state index in [1.54, 1.807) is 0 Å². The fraction of sp³-hybridized carbons (Fsp3) is 0.917. The average molecular weight is 226 g/mol. The molecule has 1 aliphatic heterocycles. The number of piperazine rings is 1. The first-order valence-electron chi connectivity index (χ1n) is 6.45. The third-order valence-corrected chi connectivity index (χ3v) is 4.05. The van der Waals surface area contributed by atoms with Crippen molar-refractivity contribution in [3.8, 4) is 0 Å². The first-order valence-corrected chi connectivity index (χ1v) is 6.45. The molecule has 4 heteroatoms. The van der Waals surface area contributed by atoms with E-state index in [-0.39, 0.29) is 0 Å². The molecule has 2 N–H and O–H groups in total. The summed E-state index contributed by atoms with van der Waals surface area (Å²) in [6.07, 6.45) is 6.19. The molecule has 2 aliphatic rings. The van der Waals surface area contributed by atoms with Crippen molar-refractivity contribution in [1.82, 2.24) is 10.2 Å². The van der Waals surface area contributed by atoms with Crippen LogP contribution in [0.25, 0.3) is 0 Å². The Morgan fingerprint density at radius 3 is 2.12 bits per heavy atom. The van der Waals surface area contributed by atoms with Crippen molar-refractivity contribution in [3.63, 3.8) is 0 Å². The summed E-state index contributed by atoms with van der Waals surface area (Å²) in [5, 5.41) is 12.9. The van der Waals surface area contributed by atoms with Gasteiger partial charge in [0.05, 0.1) is 0 Å². The van der Waals surface area contributed by atoms with E-state index >= 15 is 0 Å². The Morgan fingerprint density at radius 1 is 1.06 bits per heavy atom. The van der Waals surface area contributed by atoms with E-state index in [0.717, 1.165) is 51.9 Å². The molecule has 16 heavy (non-hydrogen) atoms. The van der Waals surface area contributed by atoms with Crippen LogP contribution in [-0.4, -0.2) is 47.7 Å². The highest BCUT2D eigenvalue weighted by atomic mass is 16.4. The molecule has 1 aliphatic carbocycles. The van der Waals surface area contributed by atoms with Crippen LogP contribution in [-0.2, 0) is 4.79 Å². The SMILES string of the molecule is O=C(O)C1(N2CCNCC2)CCCCCC1. The van der Waals surface area contributed by atoms with Gasteiger partial charge in [0.25, 0.3) is 0 Å². The molecule has 0 aromatic rings. The molecule has 0 aromatic heterocycles. The highest BCUT2D eigenvalue weighted by molar-refractivity contribution is 5.78. The highest BCUT2D eigenvalue weighted by Crippen LogP contribution is 2.33. The van der Waals surface area contributed by atoms with Crippen LogP contribution in [0.1, 0.15) is 38.5 Å².